The van der Waals surface area contributed by atoms with Gasteiger partial charge in [0.1, 0.15) is 0 Å². The second kappa shape index (κ2) is 5.01. The Morgan fingerprint density at radius 3 is 2.32 bits per heavy atom. The number of benzene rings is 1. The lowest BCUT2D eigenvalue weighted by Gasteiger charge is -2.17. The van der Waals surface area contributed by atoms with Gasteiger partial charge in [-0.05, 0) is 44.0 Å². The third-order valence-electron chi connectivity index (χ3n) is 3.75. The molecule has 3 rings (SSSR count). The van der Waals surface area contributed by atoms with Gasteiger partial charge >= 0.3 is 0 Å². The predicted molar refractivity (Wildman–Crippen MR) is 75.4 cm³/mol. The summed E-state index contributed by atoms with van der Waals surface area (Å²) in [4.78, 5) is 2.42. The van der Waals surface area contributed by atoms with E-state index in [9.17, 15) is 0 Å². The molecule has 5 heteroatoms. The van der Waals surface area contributed by atoms with Gasteiger partial charge < -0.3 is 10.6 Å². The van der Waals surface area contributed by atoms with E-state index in [-0.39, 0.29) is 0 Å². The van der Waals surface area contributed by atoms with Gasteiger partial charge in [0.05, 0.1) is 17.1 Å². The Hall–Kier alpha value is -1.88. The first-order valence-electron chi connectivity index (χ1n) is 6.76. The molecular weight excluding hydrogens is 238 g/mol. The molecule has 5 nitrogen and oxygen atoms in total. The molecule has 0 atom stereocenters. The molecule has 100 valence electrons. The third-order valence-corrected chi connectivity index (χ3v) is 3.75. The van der Waals surface area contributed by atoms with Gasteiger partial charge in [-0.1, -0.05) is 5.21 Å². The standard InChI is InChI=1S/C14H19N5/c1-11-14(10-15)16-17-19(11)13-6-4-12(5-7-13)18-8-2-3-9-18/h4-7H,2-3,8-10,15H2,1H3. The van der Waals surface area contributed by atoms with E-state index in [2.05, 4.69) is 39.5 Å². The Balaban J connectivity index is 1.87. The molecule has 2 aromatic rings. The Bertz CT molecular complexity index is 552. The molecule has 0 spiro atoms. The van der Waals surface area contributed by atoms with E-state index in [1.165, 1.54) is 31.6 Å². The van der Waals surface area contributed by atoms with Crippen LogP contribution in [0.4, 0.5) is 5.69 Å². The van der Waals surface area contributed by atoms with Crippen molar-refractivity contribution in [3.05, 3.63) is 35.7 Å². The van der Waals surface area contributed by atoms with Crippen LogP contribution in [0.15, 0.2) is 24.3 Å². The Morgan fingerprint density at radius 1 is 1.11 bits per heavy atom. The van der Waals surface area contributed by atoms with Crippen molar-refractivity contribution in [1.82, 2.24) is 15.0 Å². The van der Waals surface area contributed by atoms with Crippen LogP contribution in [-0.4, -0.2) is 28.1 Å². The van der Waals surface area contributed by atoms with Crippen molar-refractivity contribution in [3.8, 4) is 5.69 Å². The van der Waals surface area contributed by atoms with Crippen molar-refractivity contribution in [2.45, 2.75) is 26.3 Å². The highest BCUT2D eigenvalue weighted by molar-refractivity contribution is 5.51. The molecule has 1 aromatic heterocycles. The fourth-order valence-corrected chi connectivity index (χ4v) is 2.57. The first-order chi connectivity index (χ1) is 9.29. The Labute approximate surface area is 113 Å². The number of nitrogens with two attached hydrogens (primary N) is 1. The molecule has 1 aliphatic rings. The lowest BCUT2D eigenvalue weighted by Crippen LogP contribution is -2.17. The zero-order chi connectivity index (χ0) is 13.2. The summed E-state index contributed by atoms with van der Waals surface area (Å²) in [5.41, 5.74) is 9.81. The van der Waals surface area contributed by atoms with E-state index < -0.39 is 0 Å². The first kappa shape index (κ1) is 12.2. The van der Waals surface area contributed by atoms with Crippen LogP contribution in [0.5, 0.6) is 0 Å². The van der Waals surface area contributed by atoms with Crippen LogP contribution in [0.1, 0.15) is 24.2 Å². The summed E-state index contributed by atoms with van der Waals surface area (Å²) in [6.45, 7) is 4.76. The van der Waals surface area contributed by atoms with Gasteiger partial charge in [-0.3, -0.25) is 0 Å². The normalized spacial score (nSPS) is 15.2. The zero-order valence-electron chi connectivity index (χ0n) is 11.2. The van der Waals surface area contributed by atoms with Gasteiger partial charge in [-0.25, -0.2) is 4.68 Å². The van der Waals surface area contributed by atoms with Crippen LogP contribution in [0.25, 0.3) is 5.69 Å². The molecule has 1 aromatic carbocycles. The van der Waals surface area contributed by atoms with Crippen LogP contribution >= 0.6 is 0 Å². The van der Waals surface area contributed by atoms with Gasteiger partial charge in [0, 0.05) is 25.3 Å². The number of rotatable bonds is 3. The van der Waals surface area contributed by atoms with E-state index in [0.29, 0.717) is 6.54 Å². The molecular formula is C14H19N5. The maximum atomic E-state index is 5.63. The summed E-state index contributed by atoms with van der Waals surface area (Å²) < 4.78 is 1.84. The van der Waals surface area contributed by atoms with Crippen LogP contribution in [0, 0.1) is 6.92 Å². The van der Waals surface area contributed by atoms with Gasteiger partial charge in [0.25, 0.3) is 0 Å². The van der Waals surface area contributed by atoms with Crippen molar-refractivity contribution in [3.63, 3.8) is 0 Å². The minimum absolute atomic E-state index is 0.428. The maximum absolute atomic E-state index is 5.63. The summed E-state index contributed by atoms with van der Waals surface area (Å²) in [5, 5.41) is 8.25. The highest BCUT2D eigenvalue weighted by Crippen LogP contribution is 2.22. The van der Waals surface area contributed by atoms with Gasteiger partial charge in [-0.15, -0.1) is 5.10 Å². The van der Waals surface area contributed by atoms with Crippen LogP contribution < -0.4 is 10.6 Å². The van der Waals surface area contributed by atoms with Crippen LogP contribution in [0.3, 0.4) is 0 Å². The Kier molecular flexibility index (Phi) is 3.21. The van der Waals surface area contributed by atoms with Gasteiger partial charge in [0.15, 0.2) is 0 Å². The van der Waals surface area contributed by atoms with Crippen molar-refractivity contribution in [2.24, 2.45) is 5.73 Å². The third kappa shape index (κ3) is 2.21. The van der Waals surface area contributed by atoms with Crippen LogP contribution in [0.2, 0.25) is 0 Å². The minimum atomic E-state index is 0.428. The first-order valence-corrected chi connectivity index (χ1v) is 6.76. The molecule has 0 amide bonds. The average Bonchev–Trinajstić information content (AvgIpc) is 3.08. The van der Waals surface area contributed by atoms with E-state index in [4.69, 9.17) is 5.73 Å². The van der Waals surface area contributed by atoms with Crippen molar-refractivity contribution < 1.29 is 0 Å². The highest BCUT2D eigenvalue weighted by atomic mass is 15.4. The number of aromatic nitrogens is 3. The number of hydrogen-bond acceptors (Lipinski definition) is 4. The summed E-state index contributed by atoms with van der Waals surface area (Å²) in [6, 6.07) is 8.50. The lowest BCUT2D eigenvalue weighted by atomic mass is 10.2. The molecule has 1 aliphatic heterocycles. The summed E-state index contributed by atoms with van der Waals surface area (Å²) in [5.74, 6) is 0. The molecule has 0 bridgehead atoms. The molecule has 0 unspecified atom stereocenters. The molecule has 1 saturated heterocycles. The topological polar surface area (TPSA) is 60.0 Å². The fraction of sp³-hybridized carbons (Fsp3) is 0.429. The average molecular weight is 257 g/mol. The number of hydrogen-bond donors (Lipinski definition) is 1. The second-order valence-electron chi connectivity index (χ2n) is 4.95. The zero-order valence-corrected chi connectivity index (χ0v) is 11.2. The molecule has 2 heterocycles. The van der Waals surface area contributed by atoms with E-state index in [1.807, 2.05) is 11.6 Å². The van der Waals surface area contributed by atoms with Gasteiger partial charge in [0.2, 0.25) is 0 Å². The summed E-state index contributed by atoms with van der Waals surface area (Å²) >= 11 is 0. The number of anilines is 1. The molecule has 19 heavy (non-hydrogen) atoms. The smallest absolute Gasteiger partial charge is 0.0996 e. The molecule has 0 saturated carbocycles. The van der Waals surface area contributed by atoms with Crippen LogP contribution in [-0.2, 0) is 6.54 Å². The van der Waals surface area contributed by atoms with E-state index in [0.717, 1.165) is 17.1 Å². The van der Waals surface area contributed by atoms with Crippen molar-refractivity contribution in [2.75, 3.05) is 18.0 Å². The van der Waals surface area contributed by atoms with Gasteiger partial charge in [-0.2, -0.15) is 0 Å². The van der Waals surface area contributed by atoms with E-state index in [1.54, 1.807) is 0 Å². The highest BCUT2D eigenvalue weighted by Gasteiger charge is 2.13. The summed E-state index contributed by atoms with van der Waals surface area (Å²) in [6.07, 6.45) is 2.59. The number of nitrogens with zero attached hydrogens (tertiary/aromatic N) is 4. The molecule has 2 N–H and O–H groups in total. The predicted octanol–water partition coefficient (Wildman–Crippen LogP) is 1.63. The fourth-order valence-electron chi connectivity index (χ4n) is 2.57. The molecule has 0 radical (unpaired) electrons. The molecule has 1 fully saturated rings. The SMILES string of the molecule is Cc1c(CN)nnn1-c1ccc(N2CCCC2)cc1. The Morgan fingerprint density at radius 2 is 1.74 bits per heavy atom. The van der Waals surface area contributed by atoms with E-state index >= 15 is 0 Å². The largest absolute Gasteiger partial charge is 0.372 e. The quantitative estimate of drug-likeness (QED) is 0.908. The summed E-state index contributed by atoms with van der Waals surface area (Å²) in [7, 11) is 0. The second-order valence-corrected chi connectivity index (χ2v) is 4.95. The van der Waals surface area contributed by atoms with Crippen molar-refractivity contribution >= 4 is 5.69 Å². The lowest BCUT2D eigenvalue weighted by molar-refractivity contribution is 0.782. The minimum Gasteiger partial charge on any atom is -0.372 e. The molecule has 0 aliphatic carbocycles. The maximum Gasteiger partial charge on any atom is 0.0996 e. The monoisotopic (exact) mass is 257 g/mol. The van der Waals surface area contributed by atoms with Crippen molar-refractivity contribution in [1.29, 1.82) is 0 Å².